The van der Waals surface area contributed by atoms with Crippen molar-refractivity contribution in [1.29, 1.82) is 0 Å². The summed E-state index contributed by atoms with van der Waals surface area (Å²) < 4.78 is 9.62. The minimum absolute atomic E-state index is 0.00325. The number of benzene rings is 5. The van der Waals surface area contributed by atoms with Gasteiger partial charge in [0.15, 0.2) is 0 Å². The summed E-state index contributed by atoms with van der Waals surface area (Å²) in [5, 5.41) is 2.44. The van der Waals surface area contributed by atoms with Crippen molar-refractivity contribution in [2.75, 3.05) is 4.90 Å². The van der Waals surface area contributed by atoms with Crippen LogP contribution in [-0.2, 0) is 22.8 Å². The zero-order valence-electron chi connectivity index (χ0n) is 40.5. The molecule has 0 bridgehead atoms. The highest BCUT2D eigenvalue weighted by Gasteiger charge is 2.62. The normalized spacial score (nSPS) is 19.8. The quantitative estimate of drug-likeness (QED) is 0.173. The molecule has 10 rings (SSSR count). The van der Waals surface area contributed by atoms with E-state index in [1.807, 2.05) is 6.20 Å². The van der Waals surface area contributed by atoms with Crippen LogP contribution in [0.3, 0.4) is 0 Å². The molecule has 0 spiro atoms. The molecule has 1 aliphatic carbocycles. The van der Waals surface area contributed by atoms with Crippen LogP contribution in [0.15, 0.2) is 84.0 Å². The zero-order chi connectivity index (χ0) is 45.0. The van der Waals surface area contributed by atoms with Crippen LogP contribution in [0.1, 0.15) is 146 Å². The van der Waals surface area contributed by atoms with E-state index in [0.29, 0.717) is 0 Å². The topological polar surface area (TPSA) is 42.6 Å². The molecule has 2 atom stereocenters. The van der Waals surface area contributed by atoms with Gasteiger partial charge in [0, 0.05) is 46.1 Å². The minimum Gasteiger partial charge on any atom is -0.457 e. The van der Waals surface area contributed by atoms with E-state index in [1.165, 1.54) is 88.7 Å². The Labute approximate surface area is 375 Å². The molecule has 0 saturated heterocycles. The van der Waals surface area contributed by atoms with Crippen molar-refractivity contribution in [3.8, 4) is 17.2 Å². The lowest BCUT2D eigenvalue weighted by atomic mass is 9.72. The van der Waals surface area contributed by atoms with Gasteiger partial charge in [-0.3, -0.25) is 9.56 Å². The van der Waals surface area contributed by atoms with E-state index in [9.17, 15) is 0 Å². The lowest BCUT2D eigenvalue weighted by molar-refractivity contribution is 0.321. The van der Waals surface area contributed by atoms with Gasteiger partial charge in [0.25, 0.3) is 0 Å². The van der Waals surface area contributed by atoms with Crippen LogP contribution in [0, 0.1) is 48.5 Å². The number of ether oxygens (including phenoxy) is 1. The molecule has 5 heteroatoms. The Hall–Kier alpha value is -5.68. The summed E-state index contributed by atoms with van der Waals surface area (Å²) >= 11 is 0. The number of hydrogen-bond acceptors (Lipinski definition) is 4. The second-order valence-corrected chi connectivity index (χ2v) is 21.6. The molecule has 63 heavy (non-hydrogen) atoms. The smallest absolute Gasteiger partial charge is 0.145 e. The molecular formula is C58H64N4O. The molecule has 5 aromatic carbocycles. The average Bonchev–Trinajstić information content (AvgIpc) is 3.76. The summed E-state index contributed by atoms with van der Waals surface area (Å²) in [6.45, 7) is 36.9. The van der Waals surface area contributed by atoms with Crippen LogP contribution in [0.25, 0.3) is 27.6 Å². The summed E-state index contributed by atoms with van der Waals surface area (Å²) in [6, 6.07) is 27.7. The van der Waals surface area contributed by atoms with E-state index >= 15 is 0 Å². The summed E-state index contributed by atoms with van der Waals surface area (Å²) in [4.78, 5) is 13.6. The van der Waals surface area contributed by atoms with Crippen molar-refractivity contribution in [2.24, 2.45) is 4.99 Å². The molecule has 0 fully saturated rings. The molecule has 2 aliphatic heterocycles. The number of aromatic nitrogens is 2. The van der Waals surface area contributed by atoms with E-state index in [0.717, 1.165) is 46.2 Å². The molecule has 0 unspecified atom stereocenters. The summed E-state index contributed by atoms with van der Waals surface area (Å²) in [5.41, 5.74) is 21.7. The molecule has 0 radical (unpaired) electrons. The fourth-order valence-electron chi connectivity index (χ4n) is 11.4. The largest absolute Gasteiger partial charge is 0.457 e. The van der Waals surface area contributed by atoms with Gasteiger partial charge >= 0.3 is 0 Å². The van der Waals surface area contributed by atoms with Crippen LogP contribution < -0.4 is 9.64 Å². The van der Waals surface area contributed by atoms with Crippen LogP contribution in [0.5, 0.6) is 11.5 Å². The molecule has 322 valence electrons. The summed E-state index contributed by atoms with van der Waals surface area (Å²) in [6.07, 6.45) is 2.81. The SMILES string of the molecule is Cc1cc2c(cc1Oc1cc(C3=N[C@]4(C)Cc5c(ccc(C)c5C)[C@]4(C)N3c3c(C)c(C)cc(C)c3C)cc(C(C)C)c1)-n1c3ncccc3c3cc(C(C)(C)C)cc(c31)C2(C)C. The van der Waals surface area contributed by atoms with Gasteiger partial charge in [-0.25, -0.2) is 4.98 Å². The zero-order valence-corrected chi connectivity index (χ0v) is 40.5. The maximum absolute atomic E-state index is 7.22. The Morgan fingerprint density at radius 1 is 0.698 bits per heavy atom. The van der Waals surface area contributed by atoms with Crippen LogP contribution in [-0.4, -0.2) is 20.9 Å². The summed E-state index contributed by atoms with van der Waals surface area (Å²) in [7, 11) is 0. The number of hydrogen-bond donors (Lipinski definition) is 0. The van der Waals surface area contributed by atoms with Crippen molar-refractivity contribution in [2.45, 2.75) is 145 Å². The Bertz CT molecular complexity index is 3140. The first kappa shape index (κ1) is 41.3. The molecule has 4 heterocycles. The van der Waals surface area contributed by atoms with Gasteiger partial charge in [0.1, 0.15) is 23.0 Å². The first-order valence-electron chi connectivity index (χ1n) is 23.1. The third kappa shape index (κ3) is 5.66. The number of pyridine rings is 1. The second-order valence-electron chi connectivity index (χ2n) is 21.6. The monoisotopic (exact) mass is 833 g/mol. The van der Waals surface area contributed by atoms with E-state index in [-0.39, 0.29) is 22.3 Å². The molecule has 0 N–H and O–H groups in total. The highest BCUT2D eigenvalue weighted by molar-refractivity contribution is 6.15. The molecule has 0 amide bonds. The Balaban J connectivity index is 1.16. The number of aliphatic imine (C=N–C) groups is 1. The lowest BCUT2D eigenvalue weighted by Gasteiger charge is -2.44. The Morgan fingerprint density at radius 2 is 1.41 bits per heavy atom. The molecule has 0 saturated carbocycles. The predicted octanol–water partition coefficient (Wildman–Crippen LogP) is 14.7. The first-order chi connectivity index (χ1) is 29.6. The third-order valence-corrected chi connectivity index (χ3v) is 16.0. The minimum atomic E-state index is -0.411. The van der Waals surface area contributed by atoms with Gasteiger partial charge in [-0.2, -0.15) is 0 Å². The fourth-order valence-corrected chi connectivity index (χ4v) is 11.4. The van der Waals surface area contributed by atoms with E-state index in [2.05, 4.69) is 193 Å². The Morgan fingerprint density at radius 3 is 2.10 bits per heavy atom. The van der Waals surface area contributed by atoms with E-state index in [4.69, 9.17) is 14.7 Å². The van der Waals surface area contributed by atoms with Gasteiger partial charge < -0.3 is 9.64 Å². The lowest BCUT2D eigenvalue weighted by Crippen LogP contribution is -2.52. The molecular weight excluding hydrogens is 769 g/mol. The van der Waals surface area contributed by atoms with Crippen LogP contribution >= 0.6 is 0 Å². The van der Waals surface area contributed by atoms with Crippen LogP contribution in [0.4, 0.5) is 5.69 Å². The molecule has 5 nitrogen and oxygen atoms in total. The number of amidine groups is 1. The maximum Gasteiger partial charge on any atom is 0.145 e. The average molecular weight is 833 g/mol. The highest BCUT2D eigenvalue weighted by atomic mass is 16.5. The van der Waals surface area contributed by atoms with Gasteiger partial charge in [-0.15, -0.1) is 0 Å². The van der Waals surface area contributed by atoms with Crippen molar-refractivity contribution in [1.82, 2.24) is 9.55 Å². The number of aryl methyl sites for hydroxylation is 4. The molecule has 2 aromatic heterocycles. The van der Waals surface area contributed by atoms with Crippen LogP contribution in [0.2, 0.25) is 0 Å². The second kappa shape index (κ2) is 13.4. The van der Waals surface area contributed by atoms with Gasteiger partial charge in [0.2, 0.25) is 0 Å². The van der Waals surface area contributed by atoms with Crippen molar-refractivity contribution >= 4 is 33.5 Å². The van der Waals surface area contributed by atoms with Gasteiger partial charge in [-0.1, -0.05) is 72.7 Å². The fraction of sp³-hybridized carbons (Fsp3) is 0.379. The highest BCUT2D eigenvalue weighted by Crippen LogP contribution is 2.58. The van der Waals surface area contributed by atoms with Crippen molar-refractivity contribution < 1.29 is 4.74 Å². The number of anilines is 1. The van der Waals surface area contributed by atoms with Gasteiger partial charge in [0.05, 0.1) is 22.3 Å². The van der Waals surface area contributed by atoms with E-state index in [1.54, 1.807) is 0 Å². The first-order valence-corrected chi connectivity index (χ1v) is 23.1. The number of nitrogens with zero attached hydrogens (tertiary/aromatic N) is 4. The van der Waals surface area contributed by atoms with E-state index < -0.39 is 5.54 Å². The standard InChI is InChI=1S/C58H64N4O/c1-31(2)39-24-40(53-60-57(15)30-45-36(7)32(3)19-20-46(45)58(57,16)62(53)51-37(8)33(4)22-34(5)38(51)9)26-42(25-39)63-50-29-49-47(23-35(50)6)56(13,14)48-28-41(55(10,11)12)27-44-43-18-17-21-59-54(43)61(49)52(44)48/h17-29,31H,30H2,1-16H3/t57-,58+/m1/s1. The number of fused-ring (bicyclic) bond motifs is 8. The Kier molecular flexibility index (Phi) is 8.81. The predicted molar refractivity (Wildman–Crippen MR) is 265 cm³/mol. The van der Waals surface area contributed by atoms with Crippen molar-refractivity contribution in [3.63, 3.8) is 0 Å². The van der Waals surface area contributed by atoms with Crippen molar-refractivity contribution in [3.05, 3.63) is 157 Å². The third-order valence-electron chi connectivity index (χ3n) is 16.0. The van der Waals surface area contributed by atoms with Gasteiger partial charge in [-0.05, 0) is 188 Å². The maximum atomic E-state index is 7.22. The number of rotatable bonds is 5. The molecule has 7 aromatic rings. The molecule has 3 aliphatic rings. The summed E-state index contributed by atoms with van der Waals surface area (Å²) in [5.74, 6) is 2.95.